The van der Waals surface area contributed by atoms with Crippen molar-refractivity contribution >= 4 is 28.8 Å². The van der Waals surface area contributed by atoms with E-state index in [1.54, 1.807) is 24.4 Å². The van der Waals surface area contributed by atoms with Crippen LogP contribution >= 0.6 is 0 Å². The number of hydrogen-bond acceptors (Lipinski definition) is 6. The van der Waals surface area contributed by atoms with Crippen LogP contribution in [0.1, 0.15) is 12.8 Å². The van der Waals surface area contributed by atoms with E-state index in [2.05, 4.69) is 15.2 Å². The molecule has 138 valence electrons. The molecule has 3 heterocycles. The van der Waals surface area contributed by atoms with Gasteiger partial charge in [0.1, 0.15) is 11.6 Å². The highest BCUT2D eigenvalue weighted by atomic mass is 16.3. The predicted octanol–water partition coefficient (Wildman–Crippen LogP) is 2.75. The quantitative estimate of drug-likeness (QED) is 0.727. The zero-order valence-corrected chi connectivity index (χ0v) is 14.9. The first-order valence-corrected chi connectivity index (χ1v) is 8.99. The lowest BCUT2D eigenvalue weighted by Gasteiger charge is -2.16. The van der Waals surface area contributed by atoms with Gasteiger partial charge in [0.05, 0.1) is 35.4 Å². The molecule has 1 aromatic heterocycles. The van der Waals surface area contributed by atoms with E-state index in [1.165, 1.54) is 30.0 Å². The Labute approximate surface area is 157 Å². The third-order valence-corrected chi connectivity index (χ3v) is 4.85. The molecule has 0 aliphatic carbocycles. The molecule has 2 aliphatic heterocycles. The van der Waals surface area contributed by atoms with Crippen molar-refractivity contribution < 1.29 is 9.90 Å². The van der Waals surface area contributed by atoms with Crippen LogP contribution < -0.4 is 15.1 Å². The number of anilines is 3. The van der Waals surface area contributed by atoms with Crippen LogP contribution in [0.4, 0.5) is 17.2 Å². The second-order valence-corrected chi connectivity index (χ2v) is 6.66. The zero-order valence-electron chi connectivity index (χ0n) is 14.9. The standard InChI is InChI=1S/C20H21N5O2/c21-16-13-25(17-5-1-2-6-18(17)26)20(27)15(16)12-22-14-7-8-19(23-11-14)24-9-3-4-10-24/h1-2,5-8,11-12,21-22,26H,3-4,9-10,13H2/b15-12+,21-16?. The molecule has 0 radical (unpaired) electrons. The summed E-state index contributed by atoms with van der Waals surface area (Å²) >= 11 is 0. The maximum atomic E-state index is 12.7. The Hall–Kier alpha value is -3.35. The molecule has 2 aromatic rings. The van der Waals surface area contributed by atoms with Crippen LogP contribution in [0.15, 0.2) is 54.4 Å². The maximum Gasteiger partial charge on any atom is 0.262 e. The summed E-state index contributed by atoms with van der Waals surface area (Å²) in [4.78, 5) is 20.8. The Balaban J connectivity index is 1.48. The summed E-state index contributed by atoms with van der Waals surface area (Å²) in [7, 11) is 0. The molecular weight excluding hydrogens is 342 g/mol. The number of rotatable bonds is 4. The second-order valence-electron chi connectivity index (χ2n) is 6.66. The van der Waals surface area contributed by atoms with E-state index in [0.29, 0.717) is 5.69 Å². The van der Waals surface area contributed by atoms with Crippen LogP contribution in [-0.2, 0) is 4.79 Å². The van der Waals surface area contributed by atoms with Crippen molar-refractivity contribution in [1.29, 1.82) is 5.41 Å². The van der Waals surface area contributed by atoms with Gasteiger partial charge >= 0.3 is 0 Å². The fourth-order valence-electron chi connectivity index (χ4n) is 3.39. The summed E-state index contributed by atoms with van der Waals surface area (Å²) in [5.41, 5.74) is 1.65. The van der Waals surface area contributed by atoms with Gasteiger partial charge in [-0.25, -0.2) is 4.98 Å². The first kappa shape index (κ1) is 17.1. The molecule has 7 nitrogen and oxygen atoms in total. The highest BCUT2D eigenvalue weighted by molar-refractivity contribution is 6.33. The summed E-state index contributed by atoms with van der Waals surface area (Å²) in [6.07, 6.45) is 5.67. The Kier molecular flexibility index (Phi) is 4.50. The lowest BCUT2D eigenvalue weighted by molar-refractivity contribution is -0.114. The highest BCUT2D eigenvalue weighted by Gasteiger charge is 2.33. The average molecular weight is 363 g/mol. The summed E-state index contributed by atoms with van der Waals surface area (Å²) in [6, 6.07) is 10.5. The summed E-state index contributed by atoms with van der Waals surface area (Å²) in [5, 5.41) is 21.2. The third kappa shape index (κ3) is 3.36. The van der Waals surface area contributed by atoms with Crippen LogP contribution in [0.5, 0.6) is 5.75 Å². The van der Waals surface area contributed by atoms with Gasteiger partial charge in [-0.3, -0.25) is 9.69 Å². The summed E-state index contributed by atoms with van der Waals surface area (Å²) in [5.74, 6) is 0.673. The van der Waals surface area contributed by atoms with Crippen molar-refractivity contribution in [3.63, 3.8) is 0 Å². The Morgan fingerprint density at radius 2 is 1.93 bits per heavy atom. The number of carbonyl (C=O) groups excluding carboxylic acids is 1. The number of para-hydroxylation sites is 2. The molecule has 1 aromatic carbocycles. The van der Waals surface area contributed by atoms with Crippen molar-refractivity contribution in [3.8, 4) is 5.75 Å². The number of aromatic hydroxyl groups is 1. The van der Waals surface area contributed by atoms with Crippen LogP contribution in [0.2, 0.25) is 0 Å². The number of benzene rings is 1. The molecule has 2 fully saturated rings. The molecule has 0 bridgehead atoms. The van der Waals surface area contributed by atoms with Crippen LogP contribution in [-0.4, -0.2) is 41.3 Å². The number of aromatic nitrogens is 1. The monoisotopic (exact) mass is 363 g/mol. The first-order valence-electron chi connectivity index (χ1n) is 8.99. The zero-order chi connectivity index (χ0) is 18.8. The minimum absolute atomic E-state index is 0.0227. The van der Waals surface area contributed by atoms with Crippen molar-refractivity contribution in [2.24, 2.45) is 0 Å². The fraction of sp³-hybridized carbons (Fsp3) is 0.250. The van der Waals surface area contributed by atoms with Gasteiger partial charge in [0.2, 0.25) is 0 Å². The molecule has 2 aliphatic rings. The second kappa shape index (κ2) is 7.11. The first-order chi connectivity index (χ1) is 13.1. The smallest absolute Gasteiger partial charge is 0.262 e. The molecular formula is C20H21N5O2. The van der Waals surface area contributed by atoms with E-state index >= 15 is 0 Å². The third-order valence-electron chi connectivity index (χ3n) is 4.85. The molecule has 1 amide bonds. The minimum Gasteiger partial charge on any atom is -0.506 e. The van der Waals surface area contributed by atoms with E-state index in [-0.39, 0.29) is 29.5 Å². The topological polar surface area (TPSA) is 92.6 Å². The molecule has 7 heteroatoms. The number of phenolic OH excluding ortho intramolecular Hbond substituents is 1. The molecule has 27 heavy (non-hydrogen) atoms. The van der Waals surface area contributed by atoms with Crippen molar-refractivity contribution in [3.05, 3.63) is 54.4 Å². The van der Waals surface area contributed by atoms with Crippen LogP contribution in [0.25, 0.3) is 0 Å². The molecule has 0 atom stereocenters. The normalized spacial score (nSPS) is 18.6. The molecule has 2 saturated heterocycles. The van der Waals surface area contributed by atoms with Gasteiger partial charge in [-0.1, -0.05) is 12.1 Å². The summed E-state index contributed by atoms with van der Waals surface area (Å²) < 4.78 is 0. The van der Waals surface area contributed by atoms with E-state index in [1.807, 2.05) is 12.1 Å². The number of phenols is 1. The number of carbonyl (C=O) groups is 1. The molecule has 0 spiro atoms. The van der Waals surface area contributed by atoms with Crippen LogP contribution in [0.3, 0.4) is 0 Å². The van der Waals surface area contributed by atoms with Crippen molar-refractivity contribution in [2.45, 2.75) is 12.8 Å². The van der Waals surface area contributed by atoms with Gasteiger partial charge < -0.3 is 20.7 Å². The number of amides is 1. The SMILES string of the molecule is N=C1CN(c2ccccc2O)C(=O)/C1=C/Nc1ccc(N2CCCC2)nc1. The molecule has 0 unspecified atom stereocenters. The average Bonchev–Trinajstić information content (AvgIpc) is 3.30. The summed E-state index contributed by atoms with van der Waals surface area (Å²) in [6.45, 7) is 2.21. The van der Waals surface area contributed by atoms with E-state index in [4.69, 9.17) is 5.41 Å². The van der Waals surface area contributed by atoms with E-state index in [0.717, 1.165) is 24.6 Å². The molecule has 4 rings (SSSR count). The number of nitrogens with zero attached hydrogens (tertiary/aromatic N) is 3. The lowest BCUT2D eigenvalue weighted by atomic mass is 10.2. The van der Waals surface area contributed by atoms with Crippen molar-refractivity contribution in [2.75, 3.05) is 34.8 Å². The van der Waals surface area contributed by atoms with Gasteiger partial charge in [-0.05, 0) is 37.1 Å². The largest absolute Gasteiger partial charge is 0.506 e. The fourth-order valence-corrected chi connectivity index (χ4v) is 3.39. The number of pyridine rings is 1. The number of hydrogen-bond donors (Lipinski definition) is 3. The van der Waals surface area contributed by atoms with Gasteiger partial charge in [0.25, 0.3) is 5.91 Å². The maximum absolute atomic E-state index is 12.7. The minimum atomic E-state index is -0.310. The highest BCUT2D eigenvalue weighted by Crippen LogP contribution is 2.30. The Bertz CT molecular complexity index is 901. The van der Waals surface area contributed by atoms with E-state index < -0.39 is 0 Å². The molecule has 0 saturated carbocycles. The lowest BCUT2D eigenvalue weighted by Crippen LogP contribution is -2.24. The van der Waals surface area contributed by atoms with Crippen molar-refractivity contribution in [1.82, 2.24) is 4.98 Å². The Morgan fingerprint density at radius 3 is 2.63 bits per heavy atom. The van der Waals surface area contributed by atoms with E-state index in [9.17, 15) is 9.90 Å². The number of nitrogens with one attached hydrogen (secondary N) is 2. The van der Waals surface area contributed by atoms with Gasteiger partial charge in [-0.2, -0.15) is 0 Å². The van der Waals surface area contributed by atoms with Gasteiger partial charge in [0.15, 0.2) is 0 Å². The predicted molar refractivity (Wildman–Crippen MR) is 106 cm³/mol. The van der Waals surface area contributed by atoms with Gasteiger partial charge in [-0.15, -0.1) is 0 Å². The Morgan fingerprint density at radius 1 is 1.15 bits per heavy atom. The van der Waals surface area contributed by atoms with Gasteiger partial charge in [0, 0.05) is 19.3 Å². The van der Waals surface area contributed by atoms with Crippen LogP contribution in [0, 0.1) is 5.41 Å². The molecule has 3 N–H and O–H groups in total.